The average molecular weight is 187 g/mol. The van der Waals surface area contributed by atoms with Crippen LogP contribution < -0.4 is 5.73 Å². The third-order valence-corrected chi connectivity index (χ3v) is 2.66. The molecule has 0 amide bonds. The van der Waals surface area contributed by atoms with E-state index in [1.165, 1.54) is 25.7 Å². The van der Waals surface area contributed by atoms with Gasteiger partial charge in [0.05, 0.1) is 0 Å². The molecule has 2 atom stereocenters. The Bertz CT molecular complexity index is 106. The topological polar surface area (TPSA) is 46.2 Å². The number of aliphatic hydroxyl groups is 1. The van der Waals surface area contributed by atoms with Crippen LogP contribution in [0.3, 0.4) is 0 Å². The molecule has 0 aliphatic carbocycles. The summed E-state index contributed by atoms with van der Waals surface area (Å²) >= 11 is 0. The Labute approximate surface area is 82.5 Å². The zero-order valence-electron chi connectivity index (χ0n) is 9.13. The van der Waals surface area contributed by atoms with E-state index in [4.69, 9.17) is 10.8 Å². The van der Waals surface area contributed by atoms with Gasteiger partial charge >= 0.3 is 0 Å². The SMILES string of the molecule is CCCCC(N)C(CO)CCCC. The zero-order chi connectivity index (χ0) is 10.1. The van der Waals surface area contributed by atoms with Crippen molar-refractivity contribution in [3.63, 3.8) is 0 Å². The fraction of sp³-hybridized carbons (Fsp3) is 1.00. The van der Waals surface area contributed by atoms with Crippen molar-refractivity contribution in [1.29, 1.82) is 0 Å². The highest BCUT2D eigenvalue weighted by Gasteiger charge is 2.15. The Morgan fingerprint density at radius 3 is 2.08 bits per heavy atom. The van der Waals surface area contributed by atoms with Gasteiger partial charge in [-0.25, -0.2) is 0 Å². The van der Waals surface area contributed by atoms with Gasteiger partial charge in [-0.1, -0.05) is 39.5 Å². The molecular weight excluding hydrogens is 162 g/mol. The highest BCUT2D eigenvalue weighted by Crippen LogP contribution is 2.15. The van der Waals surface area contributed by atoms with Gasteiger partial charge in [-0.2, -0.15) is 0 Å². The molecule has 0 bridgehead atoms. The Kier molecular flexibility index (Phi) is 8.46. The smallest absolute Gasteiger partial charge is 0.0474 e. The molecule has 0 fully saturated rings. The predicted octanol–water partition coefficient (Wildman–Crippen LogP) is 2.30. The van der Waals surface area contributed by atoms with E-state index < -0.39 is 0 Å². The van der Waals surface area contributed by atoms with Gasteiger partial charge in [-0.05, 0) is 18.8 Å². The standard InChI is InChI=1S/C11H25NO/c1-3-5-7-10(9-13)11(12)8-6-4-2/h10-11,13H,3-9,12H2,1-2H3. The first kappa shape index (κ1) is 12.9. The lowest BCUT2D eigenvalue weighted by molar-refractivity contribution is 0.188. The van der Waals surface area contributed by atoms with E-state index in [1.54, 1.807) is 0 Å². The predicted molar refractivity (Wildman–Crippen MR) is 57.6 cm³/mol. The molecule has 0 spiro atoms. The second-order valence-corrected chi connectivity index (χ2v) is 3.89. The largest absolute Gasteiger partial charge is 0.396 e. The van der Waals surface area contributed by atoms with E-state index in [2.05, 4.69) is 13.8 Å². The molecule has 3 N–H and O–H groups in total. The van der Waals surface area contributed by atoms with Crippen molar-refractivity contribution in [2.75, 3.05) is 6.61 Å². The molecular formula is C11H25NO. The van der Waals surface area contributed by atoms with E-state index in [1.807, 2.05) is 0 Å². The molecule has 0 aromatic rings. The van der Waals surface area contributed by atoms with Crippen LogP contribution in [-0.2, 0) is 0 Å². The Morgan fingerprint density at radius 1 is 1.08 bits per heavy atom. The Balaban J connectivity index is 3.63. The third kappa shape index (κ3) is 6.05. The number of hydrogen-bond donors (Lipinski definition) is 2. The van der Waals surface area contributed by atoms with Gasteiger partial charge in [0.1, 0.15) is 0 Å². The van der Waals surface area contributed by atoms with Crippen molar-refractivity contribution < 1.29 is 5.11 Å². The van der Waals surface area contributed by atoms with Gasteiger partial charge in [0.25, 0.3) is 0 Å². The Hall–Kier alpha value is -0.0800. The third-order valence-electron chi connectivity index (χ3n) is 2.66. The highest BCUT2D eigenvalue weighted by molar-refractivity contribution is 4.72. The molecule has 2 unspecified atom stereocenters. The minimum absolute atomic E-state index is 0.205. The van der Waals surface area contributed by atoms with Crippen LogP contribution in [0.4, 0.5) is 0 Å². The summed E-state index contributed by atoms with van der Waals surface area (Å²) in [6.07, 6.45) is 6.90. The van der Waals surface area contributed by atoms with Gasteiger partial charge in [-0.15, -0.1) is 0 Å². The molecule has 0 saturated heterocycles. The second-order valence-electron chi connectivity index (χ2n) is 3.89. The van der Waals surface area contributed by atoms with Crippen molar-refractivity contribution in [2.45, 2.75) is 58.4 Å². The average Bonchev–Trinajstić information content (AvgIpc) is 2.16. The summed E-state index contributed by atoms with van der Waals surface area (Å²) in [6.45, 7) is 4.60. The summed E-state index contributed by atoms with van der Waals surface area (Å²) in [5.74, 6) is 0.325. The number of hydrogen-bond acceptors (Lipinski definition) is 2. The molecule has 2 heteroatoms. The van der Waals surface area contributed by atoms with E-state index >= 15 is 0 Å². The van der Waals surface area contributed by atoms with Crippen molar-refractivity contribution in [2.24, 2.45) is 11.7 Å². The maximum absolute atomic E-state index is 9.14. The summed E-state index contributed by atoms with van der Waals surface area (Å²) < 4.78 is 0. The van der Waals surface area contributed by atoms with Crippen LogP contribution in [0.15, 0.2) is 0 Å². The normalized spacial score (nSPS) is 15.7. The van der Waals surface area contributed by atoms with Crippen LogP contribution in [0.1, 0.15) is 52.4 Å². The molecule has 0 saturated carbocycles. The molecule has 13 heavy (non-hydrogen) atoms. The van der Waals surface area contributed by atoms with Crippen LogP contribution in [0.25, 0.3) is 0 Å². The van der Waals surface area contributed by atoms with Crippen molar-refractivity contribution in [1.82, 2.24) is 0 Å². The van der Waals surface area contributed by atoms with Gasteiger partial charge < -0.3 is 10.8 Å². The van der Waals surface area contributed by atoms with Crippen molar-refractivity contribution in [3.8, 4) is 0 Å². The van der Waals surface area contributed by atoms with E-state index in [0.29, 0.717) is 5.92 Å². The summed E-state index contributed by atoms with van der Waals surface area (Å²) in [6, 6.07) is 0.205. The summed E-state index contributed by atoms with van der Waals surface area (Å²) in [4.78, 5) is 0. The lowest BCUT2D eigenvalue weighted by atomic mass is 9.92. The molecule has 0 rings (SSSR count). The van der Waals surface area contributed by atoms with Crippen LogP contribution in [-0.4, -0.2) is 17.8 Å². The molecule has 0 aliphatic rings. The fourth-order valence-electron chi connectivity index (χ4n) is 1.58. The van der Waals surface area contributed by atoms with Crippen molar-refractivity contribution >= 4 is 0 Å². The van der Waals surface area contributed by atoms with E-state index in [-0.39, 0.29) is 12.6 Å². The zero-order valence-corrected chi connectivity index (χ0v) is 9.13. The summed E-state index contributed by atoms with van der Waals surface area (Å²) in [5, 5.41) is 9.14. The lowest BCUT2D eigenvalue weighted by Gasteiger charge is -2.21. The first-order valence-corrected chi connectivity index (χ1v) is 5.62. The molecule has 0 aromatic carbocycles. The summed E-state index contributed by atoms with van der Waals surface area (Å²) in [7, 11) is 0. The molecule has 80 valence electrons. The van der Waals surface area contributed by atoms with Gasteiger partial charge in [0.2, 0.25) is 0 Å². The number of nitrogens with two attached hydrogens (primary N) is 1. The van der Waals surface area contributed by atoms with Crippen molar-refractivity contribution in [3.05, 3.63) is 0 Å². The first-order chi connectivity index (χ1) is 6.26. The fourth-order valence-corrected chi connectivity index (χ4v) is 1.58. The van der Waals surface area contributed by atoms with Crippen LogP contribution in [0, 0.1) is 5.92 Å². The quantitative estimate of drug-likeness (QED) is 0.612. The first-order valence-electron chi connectivity index (χ1n) is 5.62. The minimum atomic E-state index is 0.205. The number of rotatable bonds is 8. The monoisotopic (exact) mass is 187 g/mol. The maximum Gasteiger partial charge on any atom is 0.0474 e. The molecule has 0 heterocycles. The second kappa shape index (κ2) is 8.52. The summed E-state index contributed by atoms with van der Waals surface area (Å²) in [5.41, 5.74) is 6.00. The minimum Gasteiger partial charge on any atom is -0.396 e. The van der Waals surface area contributed by atoms with Crippen LogP contribution >= 0.6 is 0 Å². The molecule has 0 aliphatic heterocycles. The molecule has 0 aromatic heterocycles. The van der Waals surface area contributed by atoms with E-state index in [0.717, 1.165) is 12.8 Å². The number of unbranched alkanes of at least 4 members (excludes halogenated alkanes) is 2. The van der Waals surface area contributed by atoms with Gasteiger partial charge in [0, 0.05) is 12.6 Å². The van der Waals surface area contributed by atoms with Gasteiger partial charge in [-0.3, -0.25) is 0 Å². The number of aliphatic hydroxyl groups excluding tert-OH is 1. The van der Waals surface area contributed by atoms with Crippen LogP contribution in [0.5, 0.6) is 0 Å². The molecule has 0 radical (unpaired) electrons. The maximum atomic E-state index is 9.14. The Morgan fingerprint density at radius 2 is 1.62 bits per heavy atom. The van der Waals surface area contributed by atoms with E-state index in [9.17, 15) is 0 Å². The highest BCUT2D eigenvalue weighted by atomic mass is 16.3. The van der Waals surface area contributed by atoms with Crippen LogP contribution in [0.2, 0.25) is 0 Å². The molecule has 2 nitrogen and oxygen atoms in total. The lowest BCUT2D eigenvalue weighted by Crippen LogP contribution is -2.32. The van der Waals surface area contributed by atoms with Gasteiger partial charge in [0.15, 0.2) is 0 Å².